The fourth-order valence-corrected chi connectivity index (χ4v) is 2.89. The van der Waals surface area contributed by atoms with Gasteiger partial charge >= 0.3 is 0 Å². The highest BCUT2D eigenvalue weighted by Crippen LogP contribution is 2.50. The van der Waals surface area contributed by atoms with E-state index < -0.39 is 5.67 Å². The predicted molar refractivity (Wildman–Crippen MR) is 74.7 cm³/mol. The van der Waals surface area contributed by atoms with E-state index in [2.05, 4.69) is 15.9 Å². The van der Waals surface area contributed by atoms with E-state index in [1.54, 1.807) is 0 Å². The highest BCUT2D eigenvalue weighted by atomic mass is 79.9. The monoisotopic (exact) mass is 312 g/mol. The predicted octanol–water partition coefficient (Wildman–Crippen LogP) is 4.39. The van der Waals surface area contributed by atoms with Crippen molar-refractivity contribution >= 4 is 21.7 Å². The molecule has 0 bridgehead atoms. The zero-order chi connectivity index (χ0) is 13.3. The number of Topliss-reactive ketones (excluding diaryl/α,β-unsaturated/α-hetero) is 1. The quantitative estimate of drug-likeness (QED) is 0.737. The molecule has 98 valence electrons. The molecule has 1 saturated carbocycles. The van der Waals surface area contributed by atoms with E-state index >= 15 is 0 Å². The van der Waals surface area contributed by atoms with Crippen LogP contribution >= 0.6 is 15.9 Å². The molecule has 0 spiro atoms. The highest BCUT2D eigenvalue weighted by Gasteiger charge is 2.48. The Morgan fingerprint density at radius 2 is 2.22 bits per heavy atom. The van der Waals surface area contributed by atoms with Gasteiger partial charge in [-0.15, -0.1) is 0 Å². The summed E-state index contributed by atoms with van der Waals surface area (Å²) in [6.45, 7) is 2.78. The summed E-state index contributed by atoms with van der Waals surface area (Å²) in [5, 5.41) is 0.751. The topological polar surface area (TPSA) is 17.1 Å². The van der Waals surface area contributed by atoms with Crippen molar-refractivity contribution in [3.63, 3.8) is 0 Å². The highest BCUT2D eigenvalue weighted by molar-refractivity contribution is 9.08. The van der Waals surface area contributed by atoms with Crippen LogP contribution in [-0.2, 0) is 10.1 Å². The first kappa shape index (κ1) is 13.7. The van der Waals surface area contributed by atoms with Crippen LogP contribution in [0.3, 0.4) is 0 Å². The van der Waals surface area contributed by atoms with Gasteiger partial charge in [0, 0.05) is 11.2 Å². The van der Waals surface area contributed by atoms with Gasteiger partial charge < -0.3 is 0 Å². The molecule has 2 atom stereocenters. The number of carbonyl (C=O) groups excluding carboxylic acids is 1. The first-order chi connectivity index (χ1) is 8.46. The third-order valence-corrected chi connectivity index (χ3v) is 4.48. The third kappa shape index (κ3) is 2.66. The Morgan fingerprint density at radius 1 is 1.56 bits per heavy atom. The molecule has 0 saturated heterocycles. The zero-order valence-corrected chi connectivity index (χ0v) is 12.3. The van der Waals surface area contributed by atoms with Crippen LogP contribution in [-0.4, -0.2) is 11.5 Å². The van der Waals surface area contributed by atoms with Gasteiger partial charge in [-0.3, -0.25) is 4.79 Å². The molecule has 18 heavy (non-hydrogen) atoms. The van der Waals surface area contributed by atoms with Crippen LogP contribution in [0.5, 0.6) is 0 Å². The van der Waals surface area contributed by atoms with Crippen LogP contribution in [0.25, 0.3) is 0 Å². The SMILES string of the molecule is CC(=O)C(C)(F)[C@H](c1cccc(CBr)c1)C1CC1. The van der Waals surface area contributed by atoms with Crippen LogP contribution in [0.2, 0.25) is 0 Å². The first-order valence-electron chi connectivity index (χ1n) is 6.31. The van der Waals surface area contributed by atoms with Crippen molar-refractivity contribution in [1.29, 1.82) is 0 Å². The van der Waals surface area contributed by atoms with Crippen molar-refractivity contribution in [3.05, 3.63) is 35.4 Å². The summed E-state index contributed by atoms with van der Waals surface area (Å²) in [6, 6.07) is 7.90. The van der Waals surface area contributed by atoms with Crippen LogP contribution < -0.4 is 0 Å². The van der Waals surface area contributed by atoms with Crippen LogP contribution in [0.15, 0.2) is 24.3 Å². The molecule has 1 nitrogen and oxygen atoms in total. The van der Waals surface area contributed by atoms with E-state index in [1.807, 2.05) is 24.3 Å². The summed E-state index contributed by atoms with van der Waals surface area (Å²) < 4.78 is 14.7. The van der Waals surface area contributed by atoms with Gasteiger partial charge in [-0.2, -0.15) is 0 Å². The van der Waals surface area contributed by atoms with E-state index in [-0.39, 0.29) is 11.7 Å². The first-order valence-corrected chi connectivity index (χ1v) is 7.43. The number of halogens is 2. The maximum atomic E-state index is 14.7. The molecule has 1 aliphatic carbocycles. The van der Waals surface area contributed by atoms with Crippen molar-refractivity contribution in [2.75, 3.05) is 0 Å². The standard InChI is InChI=1S/C15H18BrFO/c1-10(18)15(2,17)14(12-6-7-12)13-5-3-4-11(8-13)9-16/h3-5,8,12,14H,6-7,9H2,1-2H3/t14-,15?/m0/s1. The van der Waals surface area contributed by atoms with Gasteiger partial charge in [-0.1, -0.05) is 40.2 Å². The number of hydrogen-bond acceptors (Lipinski definition) is 1. The summed E-state index contributed by atoms with van der Waals surface area (Å²) in [5.41, 5.74) is 0.318. The number of benzene rings is 1. The van der Waals surface area contributed by atoms with Gasteiger partial charge in [-0.25, -0.2) is 4.39 Å². The second-order valence-corrected chi connectivity index (χ2v) is 5.89. The lowest BCUT2D eigenvalue weighted by atomic mass is 9.78. The second-order valence-electron chi connectivity index (χ2n) is 5.33. The summed E-state index contributed by atoms with van der Waals surface area (Å²) in [5.74, 6) is -0.355. The molecule has 1 unspecified atom stereocenters. The minimum atomic E-state index is -1.76. The van der Waals surface area contributed by atoms with Gasteiger partial charge in [0.1, 0.15) is 0 Å². The van der Waals surface area contributed by atoms with E-state index in [9.17, 15) is 9.18 Å². The minimum absolute atomic E-state index is 0.297. The van der Waals surface area contributed by atoms with Crippen LogP contribution in [0.4, 0.5) is 4.39 Å². The van der Waals surface area contributed by atoms with Gasteiger partial charge in [0.15, 0.2) is 11.5 Å². The molecular weight excluding hydrogens is 295 g/mol. The molecule has 1 aliphatic rings. The summed E-state index contributed by atoms with van der Waals surface area (Å²) in [7, 11) is 0. The van der Waals surface area contributed by atoms with Gasteiger partial charge in [0.25, 0.3) is 0 Å². The molecule has 0 aromatic heterocycles. The van der Waals surface area contributed by atoms with Gasteiger partial charge in [0.05, 0.1) is 0 Å². The number of carbonyl (C=O) groups is 1. The number of alkyl halides is 2. The van der Waals surface area contributed by atoms with Gasteiger partial charge in [-0.05, 0) is 43.7 Å². The molecule has 1 aromatic carbocycles. The largest absolute Gasteiger partial charge is 0.296 e. The average Bonchev–Trinajstić information content (AvgIpc) is 3.13. The minimum Gasteiger partial charge on any atom is -0.296 e. The molecule has 0 amide bonds. The summed E-state index contributed by atoms with van der Waals surface area (Å²) in [4.78, 5) is 11.6. The molecule has 1 aromatic rings. The second kappa shape index (κ2) is 5.12. The van der Waals surface area contributed by atoms with Gasteiger partial charge in [0.2, 0.25) is 0 Å². The fraction of sp³-hybridized carbons (Fsp3) is 0.533. The normalized spacial score (nSPS) is 20.2. The fourth-order valence-electron chi connectivity index (χ4n) is 2.55. The zero-order valence-electron chi connectivity index (χ0n) is 10.7. The third-order valence-electron chi connectivity index (χ3n) is 3.83. The lowest BCUT2D eigenvalue weighted by molar-refractivity contribution is -0.129. The number of ketones is 1. The van der Waals surface area contributed by atoms with Crippen LogP contribution in [0.1, 0.15) is 43.7 Å². The summed E-state index contributed by atoms with van der Waals surface area (Å²) in [6.07, 6.45) is 2.05. The lowest BCUT2D eigenvalue weighted by Gasteiger charge is -2.29. The average molecular weight is 313 g/mol. The molecule has 0 aliphatic heterocycles. The maximum absolute atomic E-state index is 14.7. The Kier molecular flexibility index (Phi) is 3.90. The molecule has 0 radical (unpaired) electrons. The molecule has 2 rings (SSSR count). The molecule has 0 heterocycles. The van der Waals surface area contributed by atoms with Crippen molar-refractivity contribution < 1.29 is 9.18 Å². The Labute approximate surface area is 116 Å². The smallest absolute Gasteiger partial charge is 0.172 e. The lowest BCUT2D eigenvalue weighted by Crippen LogP contribution is -2.36. The van der Waals surface area contributed by atoms with E-state index in [1.165, 1.54) is 13.8 Å². The molecular formula is C15H18BrFO. The Bertz CT molecular complexity index is 452. The van der Waals surface area contributed by atoms with Crippen LogP contribution in [0, 0.1) is 5.92 Å². The summed E-state index contributed by atoms with van der Waals surface area (Å²) >= 11 is 3.41. The Hall–Kier alpha value is -0.700. The van der Waals surface area contributed by atoms with Crippen molar-refractivity contribution in [2.24, 2.45) is 5.92 Å². The molecule has 1 fully saturated rings. The maximum Gasteiger partial charge on any atom is 0.172 e. The van der Waals surface area contributed by atoms with Crippen molar-refractivity contribution in [3.8, 4) is 0 Å². The Morgan fingerprint density at radius 3 is 2.72 bits per heavy atom. The van der Waals surface area contributed by atoms with E-state index in [0.29, 0.717) is 5.92 Å². The number of hydrogen-bond donors (Lipinski definition) is 0. The molecule has 0 N–H and O–H groups in total. The van der Waals surface area contributed by atoms with Crippen molar-refractivity contribution in [1.82, 2.24) is 0 Å². The number of rotatable bonds is 5. The molecule has 3 heteroatoms. The van der Waals surface area contributed by atoms with E-state index in [0.717, 1.165) is 29.3 Å². The Balaban J connectivity index is 2.38. The van der Waals surface area contributed by atoms with E-state index in [4.69, 9.17) is 0 Å². The van der Waals surface area contributed by atoms with Crippen molar-refractivity contribution in [2.45, 2.75) is 43.6 Å².